The van der Waals surface area contributed by atoms with E-state index in [2.05, 4.69) is 21.2 Å². The molecule has 37 heavy (non-hydrogen) atoms. The third-order valence-electron chi connectivity index (χ3n) is 5.73. The van der Waals surface area contributed by atoms with Crippen molar-refractivity contribution >= 4 is 55.1 Å². The molecule has 3 rings (SSSR count). The van der Waals surface area contributed by atoms with Crippen LogP contribution in [0.25, 0.3) is 0 Å². The van der Waals surface area contributed by atoms with Crippen molar-refractivity contribution < 1.29 is 18.0 Å². The molecule has 0 unspecified atom stereocenters. The van der Waals surface area contributed by atoms with E-state index >= 15 is 0 Å². The maximum atomic E-state index is 13.9. The van der Waals surface area contributed by atoms with Crippen molar-refractivity contribution in [3.05, 3.63) is 93.9 Å². The van der Waals surface area contributed by atoms with E-state index in [1.54, 1.807) is 73.7 Å². The number of amides is 2. The van der Waals surface area contributed by atoms with Gasteiger partial charge in [-0.25, -0.2) is 8.42 Å². The summed E-state index contributed by atoms with van der Waals surface area (Å²) in [5, 5.41) is 3.33. The molecule has 10 heteroatoms. The maximum Gasteiger partial charge on any atom is 0.264 e. The zero-order valence-electron chi connectivity index (χ0n) is 20.6. The average Bonchev–Trinajstić information content (AvgIpc) is 2.89. The van der Waals surface area contributed by atoms with Crippen LogP contribution in [0.4, 0.5) is 5.69 Å². The van der Waals surface area contributed by atoms with Crippen LogP contribution in [-0.4, -0.2) is 44.3 Å². The Bertz CT molecular complexity index is 1300. The molecule has 0 saturated heterocycles. The van der Waals surface area contributed by atoms with Crippen molar-refractivity contribution in [2.75, 3.05) is 17.4 Å². The quantitative estimate of drug-likeness (QED) is 0.323. The molecule has 3 aromatic rings. The summed E-state index contributed by atoms with van der Waals surface area (Å²) in [4.78, 5) is 28.3. The first kappa shape index (κ1) is 28.7. The third-order valence-corrected chi connectivity index (χ3v) is 8.30. The van der Waals surface area contributed by atoms with Crippen LogP contribution in [0.3, 0.4) is 0 Å². The highest BCUT2D eigenvalue weighted by Crippen LogP contribution is 2.26. The molecule has 0 spiro atoms. The molecule has 0 aliphatic heterocycles. The van der Waals surface area contributed by atoms with Gasteiger partial charge in [-0.3, -0.25) is 13.9 Å². The average molecular weight is 607 g/mol. The molecule has 0 aromatic heterocycles. The molecular formula is C27H29BrClN3O4S. The number of likely N-dealkylation sites (N-methyl/N-ethyl adjacent to an activating group) is 1. The number of rotatable bonds is 11. The van der Waals surface area contributed by atoms with Crippen LogP contribution >= 0.6 is 27.5 Å². The Morgan fingerprint density at radius 3 is 2.14 bits per heavy atom. The molecule has 1 N–H and O–H groups in total. The Kier molecular flexibility index (Phi) is 10.1. The number of anilines is 1. The summed E-state index contributed by atoms with van der Waals surface area (Å²) in [7, 11) is -4.08. The maximum absolute atomic E-state index is 13.9. The molecule has 0 radical (unpaired) electrons. The number of hydrogen-bond donors (Lipinski definition) is 1. The highest BCUT2D eigenvalue weighted by atomic mass is 79.9. The predicted octanol–water partition coefficient (Wildman–Crippen LogP) is 5.24. The van der Waals surface area contributed by atoms with Crippen LogP contribution < -0.4 is 9.62 Å². The van der Waals surface area contributed by atoms with Gasteiger partial charge < -0.3 is 10.2 Å². The van der Waals surface area contributed by atoms with Gasteiger partial charge in [0.15, 0.2) is 0 Å². The van der Waals surface area contributed by atoms with Crippen LogP contribution in [-0.2, 0) is 26.2 Å². The van der Waals surface area contributed by atoms with Gasteiger partial charge >= 0.3 is 0 Å². The topological polar surface area (TPSA) is 86.8 Å². The SMILES string of the molecule is CCNC(=O)[C@H](CC)N(Cc1ccc(Cl)cc1)C(=O)CN(c1ccc(Br)cc1)S(=O)(=O)c1ccccc1. The van der Waals surface area contributed by atoms with Gasteiger partial charge in [0.05, 0.1) is 10.6 Å². The van der Waals surface area contributed by atoms with Crippen molar-refractivity contribution in [1.29, 1.82) is 0 Å². The van der Waals surface area contributed by atoms with E-state index in [0.717, 1.165) is 14.3 Å². The molecule has 2 amide bonds. The second-order valence-corrected chi connectivity index (χ2v) is 11.5. The lowest BCUT2D eigenvalue weighted by atomic mass is 10.1. The highest BCUT2D eigenvalue weighted by molar-refractivity contribution is 9.10. The zero-order chi connectivity index (χ0) is 27.0. The first-order chi connectivity index (χ1) is 17.7. The van der Waals surface area contributed by atoms with E-state index in [4.69, 9.17) is 11.6 Å². The zero-order valence-corrected chi connectivity index (χ0v) is 23.8. The van der Waals surface area contributed by atoms with Crippen LogP contribution in [0.15, 0.2) is 88.2 Å². The lowest BCUT2D eigenvalue weighted by molar-refractivity contribution is -0.140. The standard InChI is InChI=1S/C27H29BrClN3O4S/c1-3-25(27(34)30-4-2)31(18-20-10-14-22(29)15-11-20)26(33)19-32(23-16-12-21(28)13-17-23)37(35,36)24-8-6-5-7-9-24/h5-17,25H,3-4,18-19H2,1-2H3,(H,30,34)/t25-/m0/s1. The molecule has 0 saturated carbocycles. The predicted molar refractivity (Wildman–Crippen MR) is 150 cm³/mol. The van der Waals surface area contributed by atoms with Gasteiger partial charge in [0.2, 0.25) is 11.8 Å². The van der Waals surface area contributed by atoms with E-state index in [-0.39, 0.29) is 17.3 Å². The molecule has 0 bridgehead atoms. The van der Waals surface area contributed by atoms with Crippen molar-refractivity contribution in [3.8, 4) is 0 Å². The Labute approximate surface area is 231 Å². The van der Waals surface area contributed by atoms with Crippen LogP contribution in [0.2, 0.25) is 5.02 Å². The normalized spacial score (nSPS) is 12.0. The van der Waals surface area contributed by atoms with Crippen LogP contribution in [0.1, 0.15) is 25.8 Å². The molecule has 196 valence electrons. The fourth-order valence-electron chi connectivity index (χ4n) is 3.85. The van der Waals surface area contributed by atoms with Gasteiger partial charge in [0.25, 0.3) is 10.0 Å². The number of carbonyl (C=O) groups is 2. The van der Waals surface area contributed by atoms with E-state index in [1.165, 1.54) is 17.0 Å². The molecular weight excluding hydrogens is 578 g/mol. The lowest BCUT2D eigenvalue weighted by Crippen LogP contribution is -2.52. The number of benzene rings is 3. The van der Waals surface area contributed by atoms with Crippen molar-refractivity contribution in [3.63, 3.8) is 0 Å². The molecule has 0 aliphatic rings. The Hall–Kier alpha value is -2.88. The van der Waals surface area contributed by atoms with Crippen LogP contribution in [0, 0.1) is 0 Å². The second kappa shape index (κ2) is 13.1. The highest BCUT2D eigenvalue weighted by Gasteiger charge is 2.33. The number of sulfonamides is 1. The summed E-state index contributed by atoms with van der Waals surface area (Å²) < 4.78 is 29.2. The van der Waals surface area contributed by atoms with Gasteiger partial charge in [-0.1, -0.05) is 64.8 Å². The first-order valence-electron chi connectivity index (χ1n) is 11.8. The Morgan fingerprint density at radius 1 is 0.946 bits per heavy atom. The molecule has 0 aliphatic carbocycles. The van der Waals surface area contributed by atoms with E-state index in [9.17, 15) is 18.0 Å². The van der Waals surface area contributed by atoms with Crippen LogP contribution in [0.5, 0.6) is 0 Å². The Balaban J connectivity index is 2.03. The molecule has 0 heterocycles. The van der Waals surface area contributed by atoms with Gasteiger partial charge in [-0.05, 0) is 67.4 Å². The second-order valence-electron chi connectivity index (χ2n) is 8.27. The fraction of sp³-hybridized carbons (Fsp3) is 0.259. The molecule has 1 atom stereocenters. The third kappa shape index (κ3) is 7.34. The minimum Gasteiger partial charge on any atom is -0.355 e. The first-order valence-corrected chi connectivity index (χ1v) is 14.4. The van der Waals surface area contributed by atoms with E-state index in [0.29, 0.717) is 23.7 Å². The van der Waals surface area contributed by atoms with Crippen molar-refractivity contribution in [1.82, 2.24) is 10.2 Å². The minimum absolute atomic E-state index is 0.0609. The van der Waals surface area contributed by atoms with Gasteiger partial charge in [0.1, 0.15) is 12.6 Å². The Morgan fingerprint density at radius 2 is 1.57 bits per heavy atom. The monoisotopic (exact) mass is 605 g/mol. The number of nitrogens with zero attached hydrogens (tertiary/aromatic N) is 2. The van der Waals surface area contributed by atoms with Crippen molar-refractivity contribution in [2.45, 2.75) is 37.8 Å². The summed E-state index contributed by atoms with van der Waals surface area (Å²) in [5.74, 6) is -0.802. The molecule has 0 fully saturated rings. The lowest BCUT2D eigenvalue weighted by Gasteiger charge is -2.33. The summed E-state index contributed by atoms with van der Waals surface area (Å²) in [6, 6.07) is 20.8. The number of carbonyl (C=O) groups excluding carboxylic acids is 2. The largest absolute Gasteiger partial charge is 0.355 e. The van der Waals surface area contributed by atoms with Gasteiger partial charge in [0, 0.05) is 22.6 Å². The van der Waals surface area contributed by atoms with E-state index in [1.807, 2.05) is 6.92 Å². The summed E-state index contributed by atoms with van der Waals surface area (Å²) in [6.45, 7) is 3.66. The van der Waals surface area contributed by atoms with Gasteiger partial charge in [-0.15, -0.1) is 0 Å². The molecule has 3 aromatic carbocycles. The summed E-state index contributed by atoms with van der Waals surface area (Å²) in [6.07, 6.45) is 0.356. The van der Waals surface area contributed by atoms with Gasteiger partial charge in [-0.2, -0.15) is 0 Å². The minimum atomic E-state index is -4.08. The fourth-order valence-corrected chi connectivity index (χ4v) is 5.68. The summed E-state index contributed by atoms with van der Waals surface area (Å²) in [5.41, 5.74) is 1.10. The number of hydrogen-bond acceptors (Lipinski definition) is 4. The smallest absolute Gasteiger partial charge is 0.264 e. The molecule has 7 nitrogen and oxygen atoms in total. The number of halogens is 2. The van der Waals surface area contributed by atoms with Crippen molar-refractivity contribution in [2.24, 2.45) is 0 Å². The summed E-state index contributed by atoms with van der Waals surface area (Å²) >= 11 is 9.40. The van der Waals surface area contributed by atoms with E-state index < -0.39 is 28.5 Å². The number of nitrogens with one attached hydrogen (secondary N) is 1.